The Hall–Kier alpha value is -2.94. The number of carbonyl (C=O) groups excluding carboxylic acids is 1. The molecule has 5 nitrogen and oxygen atoms in total. The molecular formula is C20H16F4N2O3. The third-order valence-corrected chi connectivity index (χ3v) is 5.08. The highest BCUT2D eigenvalue weighted by molar-refractivity contribution is 6.04. The Kier molecular flexibility index (Phi) is 4.77. The zero-order chi connectivity index (χ0) is 20.6. The van der Waals surface area contributed by atoms with Crippen molar-refractivity contribution in [1.29, 1.82) is 0 Å². The number of ether oxygens (including phenoxy) is 2. The van der Waals surface area contributed by atoms with Crippen LogP contribution in [0.25, 0.3) is 0 Å². The van der Waals surface area contributed by atoms with E-state index in [1.807, 2.05) is 0 Å². The molecule has 0 bridgehead atoms. The first kappa shape index (κ1) is 19.4. The summed E-state index contributed by atoms with van der Waals surface area (Å²) in [6, 6.07) is 13.4. The number of halogens is 4. The summed E-state index contributed by atoms with van der Waals surface area (Å²) in [5.41, 5.74) is -1.38. The van der Waals surface area contributed by atoms with Crippen molar-refractivity contribution >= 4 is 11.9 Å². The molecule has 2 aromatic rings. The summed E-state index contributed by atoms with van der Waals surface area (Å²) in [7, 11) is 0. The van der Waals surface area contributed by atoms with E-state index in [2.05, 4.69) is 10.3 Å². The molecule has 2 aromatic carbocycles. The number of amides is 1. The normalized spacial score (nSPS) is 26.3. The summed E-state index contributed by atoms with van der Waals surface area (Å²) in [5.74, 6) is -2.54. The molecular weight excluding hydrogens is 392 g/mol. The zero-order valence-corrected chi connectivity index (χ0v) is 14.9. The fraction of sp³-hybridized carbons (Fsp3) is 0.300. The Morgan fingerprint density at radius 2 is 1.79 bits per heavy atom. The molecule has 1 fully saturated rings. The molecule has 1 amide bonds. The van der Waals surface area contributed by atoms with Gasteiger partial charge in [-0.25, -0.2) is 9.38 Å². The number of fused-ring (bicyclic) bond motifs is 1. The highest BCUT2D eigenvalue weighted by atomic mass is 19.4. The second-order valence-electron chi connectivity index (χ2n) is 6.83. The lowest BCUT2D eigenvalue weighted by Crippen LogP contribution is -2.50. The minimum atomic E-state index is -4.67. The SMILES string of the molecule is O=C(NC1=N[C@@]2(c3ccccc3F)CO[C@H](C(F)(F)F)C2CO1)c1ccccc1. The van der Waals surface area contributed by atoms with Crippen LogP contribution in [-0.4, -0.2) is 37.4 Å². The van der Waals surface area contributed by atoms with Gasteiger partial charge in [-0.15, -0.1) is 0 Å². The Morgan fingerprint density at radius 3 is 2.48 bits per heavy atom. The predicted molar refractivity (Wildman–Crippen MR) is 94.7 cm³/mol. The summed E-state index contributed by atoms with van der Waals surface area (Å²) < 4.78 is 65.2. The number of alkyl halides is 3. The van der Waals surface area contributed by atoms with E-state index < -0.39 is 48.7 Å². The van der Waals surface area contributed by atoms with Crippen LogP contribution in [0.4, 0.5) is 17.6 Å². The highest BCUT2D eigenvalue weighted by Gasteiger charge is 2.62. The molecule has 2 aliphatic heterocycles. The van der Waals surface area contributed by atoms with Crippen molar-refractivity contribution in [2.75, 3.05) is 13.2 Å². The van der Waals surface area contributed by atoms with E-state index >= 15 is 0 Å². The molecule has 0 aliphatic carbocycles. The average Bonchev–Trinajstić information content (AvgIpc) is 3.09. The lowest BCUT2D eigenvalue weighted by Gasteiger charge is -2.36. The number of benzene rings is 2. The molecule has 0 radical (unpaired) electrons. The van der Waals surface area contributed by atoms with Crippen LogP contribution in [-0.2, 0) is 15.0 Å². The molecule has 4 rings (SSSR count). The largest absolute Gasteiger partial charge is 0.464 e. The van der Waals surface area contributed by atoms with E-state index in [-0.39, 0.29) is 11.6 Å². The van der Waals surface area contributed by atoms with Gasteiger partial charge in [-0.3, -0.25) is 10.1 Å². The monoisotopic (exact) mass is 408 g/mol. The van der Waals surface area contributed by atoms with Gasteiger partial charge in [-0.2, -0.15) is 13.2 Å². The van der Waals surface area contributed by atoms with Crippen molar-refractivity contribution in [2.45, 2.75) is 17.8 Å². The molecule has 2 heterocycles. The smallest absolute Gasteiger partial charge is 0.415 e. The molecule has 0 saturated carbocycles. The van der Waals surface area contributed by atoms with Crippen LogP contribution in [0, 0.1) is 11.7 Å². The van der Waals surface area contributed by atoms with Crippen molar-refractivity contribution in [1.82, 2.24) is 5.32 Å². The summed E-state index contributed by atoms with van der Waals surface area (Å²) in [6.07, 6.45) is -6.82. The Balaban J connectivity index is 1.73. The van der Waals surface area contributed by atoms with E-state index in [0.717, 1.165) is 6.07 Å². The van der Waals surface area contributed by atoms with Crippen molar-refractivity contribution < 1.29 is 31.8 Å². The van der Waals surface area contributed by atoms with Crippen LogP contribution in [0.5, 0.6) is 0 Å². The predicted octanol–water partition coefficient (Wildman–Crippen LogP) is 3.41. The molecule has 152 valence electrons. The first-order valence-electron chi connectivity index (χ1n) is 8.83. The van der Waals surface area contributed by atoms with E-state index in [0.29, 0.717) is 5.56 Å². The van der Waals surface area contributed by atoms with Gasteiger partial charge in [0, 0.05) is 11.1 Å². The number of amidine groups is 1. The lowest BCUT2D eigenvalue weighted by molar-refractivity contribution is -0.219. The first-order valence-corrected chi connectivity index (χ1v) is 8.83. The van der Waals surface area contributed by atoms with Gasteiger partial charge in [0.2, 0.25) is 0 Å². The highest BCUT2D eigenvalue weighted by Crippen LogP contribution is 2.49. The lowest BCUT2D eigenvalue weighted by atomic mass is 9.77. The number of rotatable bonds is 2. The van der Waals surface area contributed by atoms with Crippen LogP contribution < -0.4 is 5.32 Å². The zero-order valence-electron chi connectivity index (χ0n) is 14.9. The van der Waals surface area contributed by atoms with E-state index in [1.165, 1.54) is 18.2 Å². The fourth-order valence-corrected chi connectivity index (χ4v) is 3.71. The molecule has 2 aliphatic rings. The van der Waals surface area contributed by atoms with Crippen molar-refractivity contribution in [2.24, 2.45) is 10.9 Å². The number of nitrogens with one attached hydrogen (secondary N) is 1. The van der Waals surface area contributed by atoms with Crippen molar-refractivity contribution in [3.05, 3.63) is 71.5 Å². The Morgan fingerprint density at radius 1 is 1.10 bits per heavy atom. The summed E-state index contributed by atoms with van der Waals surface area (Å²) in [4.78, 5) is 16.6. The standard InChI is InChI=1S/C20H16F4N2O3/c21-15-9-5-4-8-13(15)19-11-29-16(20(22,23)24)14(19)10-28-18(26-19)25-17(27)12-6-2-1-3-7-12/h1-9,14,16H,10-11H2,(H,25,26,27)/t14?,16-,19+/m0/s1. The maximum Gasteiger partial charge on any atom is 0.415 e. The van der Waals surface area contributed by atoms with Gasteiger partial charge in [0.1, 0.15) is 11.4 Å². The summed E-state index contributed by atoms with van der Waals surface area (Å²) in [6.45, 7) is -0.927. The molecule has 29 heavy (non-hydrogen) atoms. The van der Waals surface area contributed by atoms with Crippen LogP contribution in [0.3, 0.4) is 0 Å². The molecule has 0 aromatic heterocycles. The fourth-order valence-electron chi connectivity index (χ4n) is 3.71. The molecule has 3 atom stereocenters. The van der Waals surface area contributed by atoms with Gasteiger partial charge in [-0.1, -0.05) is 36.4 Å². The van der Waals surface area contributed by atoms with Gasteiger partial charge in [0.25, 0.3) is 11.9 Å². The maximum atomic E-state index is 14.6. The Labute approximate surface area is 163 Å². The van der Waals surface area contributed by atoms with E-state index in [4.69, 9.17) is 9.47 Å². The maximum absolute atomic E-state index is 14.6. The van der Waals surface area contributed by atoms with Gasteiger partial charge in [0.05, 0.1) is 19.1 Å². The second kappa shape index (κ2) is 7.14. The second-order valence-corrected chi connectivity index (χ2v) is 6.83. The summed E-state index contributed by atoms with van der Waals surface area (Å²) >= 11 is 0. The number of aliphatic imine (C=N–C) groups is 1. The van der Waals surface area contributed by atoms with Gasteiger partial charge in [-0.05, 0) is 18.2 Å². The van der Waals surface area contributed by atoms with Crippen LogP contribution in [0.2, 0.25) is 0 Å². The Bertz CT molecular complexity index is 948. The first-order chi connectivity index (χ1) is 13.8. The number of hydrogen-bond donors (Lipinski definition) is 1. The third kappa shape index (κ3) is 3.46. The van der Waals surface area contributed by atoms with Crippen LogP contribution in [0.1, 0.15) is 15.9 Å². The number of carbonyl (C=O) groups is 1. The summed E-state index contributed by atoms with van der Waals surface area (Å²) in [5, 5.41) is 2.44. The van der Waals surface area contributed by atoms with E-state index in [1.54, 1.807) is 30.3 Å². The number of hydrogen-bond acceptors (Lipinski definition) is 4. The molecule has 1 saturated heterocycles. The van der Waals surface area contributed by atoms with Gasteiger partial charge < -0.3 is 9.47 Å². The molecule has 1 unspecified atom stereocenters. The van der Waals surface area contributed by atoms with Crippen LogP contribution >= 0.6 is 0 Å². The minimum Gasteiger partial charge on any atom is -0.464 e. The van der Waals surface area contributed by atoms with E-state index in [9.17, 15) is 22.4 Å². The molecule has 0 spiro atoms. The topological polar surface area (TPSA) is 59.9 Å². The minimum absolute atomic E-state index is 0.0356. The quantitative estimate of drug-likeness (QED) is 0.775. The van der Waals surface area contributed by atoms with Crippen LogP contribution in [0.15, 0.2) is 59.6 Å². The van der Waals surface area contributed by atoms with Crippen molar-refractivity contribution in [3.8, 4) is 0 Å². The van der Waals surface area contributed by atoms with Gasteiger partial charge >= 0.3 is 6.18 Å². The average molecular weight is 408 g/mol. The molecule has 9 heteroatoms. The third-order valence-electron chi connectivity index (χ3n) is 5.08. The van der Waals surface area contributed by atoms with Gasteiger partial charge in [0.15, 0.2) is 6.10 Å². The van der Waals surface area contributed by atoms with Crippen molar-refractivity contribution in [3.63, 3.8) is 0 Å². The number of nitrogens with zero attached hydrogens (tertiary/aromatic N) is 1. The molecule has 1 N–H and O–H groups in total.